The van der Waals surface area contributed by atoms with Crippen molar-refractivity contribution in [1.29, 1.82) is 5.53 Å². The molecule has 30 heavy (non-hydrogen) atoms. The second kappa shape index (κ2) is 8.42. The summed E-state index contributed by atoms with van der Waals surface area (Å²) in [4.78, 5) is 24.3. The Bertz CT molecular complexity index is 1160. The van der Waals surface area contributed by atoms with E-state index >= 15 is 0 Å². The number of aromatic nitrogens is 2. The lowest BCUT2D eigenvalue weighted by Gasteiger charge is -2.36. The van der Waals surface area contributed by atoms with Gasteiger partial charge >= 0.3 is 0 Å². The summed E-state index contributed by atoms with van der Waals surface area (Å²) in [5.41, 5.74) is 10.8. The lowest BCUT2D eigenvalue weighted by atomic mass is 10.1. The molecule has 1 aliphatic rings. The SMILES string of the molecule is Cc1ccc(C(N=N)=NN)c(N2CCN(Cc3nc4ccccc4c(=O)[nH]3)CC2)c1. The molecule has 2 aromatic carbocycles. The maximum absolute atomic E-state index is 12.3. The van der Waals surface area contributed by atoms with Gasteiger partial charge in [0.25, 0.3) is 5.56 Å². The van der Waals surface area contributed by atoms with Crippen LogP contribution in [0, 0.1) is 12.5 Å². The predicted octanol–water partition coefficient (Wildman–Crippen LogP) is 2.20. The molecule has 0 radical (unpaired) electrons. The summed E-state index contributed by atoms with van der Waals surface area (Å²) in [5.74, 6) is 6.31. The smallest absolute Gasteiger partial charge is 0.258 e. The number of nitrogens with zero attached hydrogens (tertiary/aromatic N) is 5. The number of benzene rings is 2. The zero-order chi connectivity index (χ0) is 21.1. The first-order valence-corrected chi connectivity index (χ1v) is 9.80. The molecule has 0 atom stereocenters. The number of para-hydroxylation sites is 1. The van der Waals surface area contributed by atoms with E-state index in [1.54, 1.807) is 6.07 Å². The molecule has 154 valence electrons. The highest BCUT2D eigenvalue weighted by atomic mass is 16.1. The highest BCUT2D eigenvalue weighted by Crippen LogP contribution is 2.25. The number of aryl methyl sites for hydroxylation is 1. The van der Waals surface area contributed by atoms with Gasteiger partial charge < -0.3 is 15.7 Å². The maximum Gasteiger partial charge on any atom is 0.258 e. The largest absolute Gasteiger partial charge is 0.368 e. The van der Waals surface area contributed by atoms with Crippen LogP contribution in [0.4, 0.5) is 5.69 Å². The van der Waals surface area contributed by atoms with Gasteiger partial charge in [-0.15, -0.1) is 5.11 Å². The van der Waals surface area contributed by atoms with Gasteiger partial charge in [-0.1, -0.05) is 18.2 Å². The second-order valence-electron chi connectivity index (χ2n) is 7.38. The van der Waals surface area contributed by atoms with Gasteiger partial charge in [0.2, 0.25) is 5.84 Å². The summed E-state index contributed by atoms with van der Waals surface area (Å²) in [6.45, 7) is 5.84. The van der Waals surface area contributed by atoms with Crippen LogP contribution in [-0.2, 0) is 6.54 Å². The van der Waals surface area contributed by atoms with E-state index in [0.29, 0.717) is 23.3 Å². The summed E-state index contributed by atoms with van der Waals surface area (Å²) in [7, 11) is 0. The summed E-state index contributed by atoms with van der Waals surface area (Å²) in [5, 5.41) is 7.72. The highest BCUT2D eigenvalue weighted by Gasteiger charge is 2.22. The molecule has 0 amide bonds. The van der Waals surface area contributed by atoms with Gasteiger partial charge in [-0.3, -0.25) is 9.69 Å². The number of hydrogen-bond acceptors (Lipinski definition) is 7. The van der Waals surface area contributed by atoms with E-state index in [9.17, 15) is 4.79 Å². The zero-order valence-corrected chi connectivity index (χ0v) is 16.8. The summed E-state index contributed by atoms with van der Waals surface area (Å²) in [6, 6.07) is 13.3. The Morgan fingerprint density at radius 1 is 1.20 bits per heavy atom. The normalized spacial score (nSPS) is 15.5. The third kappa shape index (κ3) is 3.92. The van der Waals surface area contributed by atoms with Gasteiger partial charge in [0.15, 0.2) is 0 Å². The number of H-pyrrole nitrogens is 1. The number of nitrogens with one attached hydrogen (secondary N) is 2. The average Bonchev–Trinajstić information content (AvgIpc) is 2.76. The molecule has 0 unspecified atom stereocenters. The first kappa shape index (κ1) is 19.7. The molecule has 0 saturated carbocycles. The molecule has 1 fully saturated rings. The van der Waals surface area contributed by atoms with Crippen molar-refractivity contribution >= 4 is 22.4 Å². The summed E-state index contributed by atoms with van der Waals surface area (Å²) < 4.78 is 0. The molecular formula is C21H24N8O. The van der Waals surface area contributed by atoms with Crippen LogP contribution in [0.1, 0.15) is 17.0 Å². The Morgan fingerprint density at radius 2 is 1.97 bits per heavy atom. The van der Waals surface area contributed by atoms with E-state index in [1.807, 2.05) is 37.3 Å². The molecule has 4 rings (SSSR count). The van der Waals surface area contributed by atoms with Crippen LogP contribution in [0.2, 0.25) is 0 Å². The zero-order valence-electron chi connectivity index (χ0n) is 16.8. The van der Waals surface area contributed by atoms with Gasteiger partial charge in [-0.2, -0.15) is 5.10 Å². The Kier molecular flexibility index (Phi) is 5.53. The van der Waals surface area contributed by atoms with Crippen molar-refractivity contribution in [3.8, 4) is 0 Å². The number of fused-ring (bicyclic) bond motifs is 1. The molecule has 1 saturated heterocycles. The fourth-order valence-corrected chi connectivity index (χ4v) is 3.82. The number of nitrogens with two attached hydrogens (primary N) is 1. The van der Waals surface area contributed by atoms with Gasteiger partial charge in [0, 0.05) is 37.4 Å². The van der Waals surface area contributed by atoms with Crippen molar-refractivity contribution in [3.63, 3.8) is 0 Å². The molecule has 3 aromatic rings. The maximum atomic E-state index is 12.3. The molecule has 9 heteroatoms. The van der Waals surface area contributed by atoms with E-state index in [2.05, 4.69) is 36.0 Å². The Hall–Kier alpha value is -3.59. The van der Waals surface area contributed by atoms with Crippen LogP contribution in [0.25, 0.3) is 10.9 Å². The number of amidine groups is 1. The lowest BCUT2D eigenvalue weighted by Crippen LogP contribution is -2.46. The number of aromatic amines is 1. The van der Waals surface area contributed by atoms with Crippen LogP contribution < -0.4 is 16.3 Å². The monoisotopic (exact) mass is 404 g/mol. The molecule has 0 bridgehead atoms. The molecule has 4 N–H and O–H groups in total. The first-order chi connectivity index (χ1) is 14.6. The van der Waals surface area contributed by atoms with Crippen molar-refractivity contribution in [1.82, 2.24) is 14.9 Å². The Balaban J connectivity index is 1.49. The predicted molar refractivity (Wildman–Crippen MR) is 117 cm³/mol. The molecule has 0 spiro atoms. The first-order valence-electron chi connectivity index (χ1n) is 9.80. The van der Waals surface area contributed by atoms with E-state index < -0.39 is 0 Å². The van der Waals surface area contributed by atoms with Crippen LogP contribution in [0.5, 0.6) is 0 Å². The van der Waals surface area contributed by atoms with Crippen molar-refractivity contribution in [3.05, 3.63) is 69.8 Å². The van der Waals surface area contributed by atoms with E-state index in [-0.39, 0.29) is 11.4 Å². The van der Waals surface area contributed by atoms with Crippen LogP contribution in [0.3, 0.4) is 0 Å². The fraction of sp³-hybridized carbons (Fsp3) is 0.286. The van der Waals surface area contributed by atoms with Gasteiger partial charge in [-0.25, -0.2) is 10.5 Å². The topological polar surface area (TPSA) is 127 Å². The summed E-state index contributed by atoms with van der Waals surface area (Å²) >= 11 is 0. The molecule has 9 nitrogen and oxygen atoms in total. The van der Waals surface area contributed by atoms with Crippen LogP contribution in [0.15, 0.2) is 57.5 Å². The number of hydrazone groups is 1. The lowest BCUT2D eigenvalue weighted by molar-refractivity contribution is 0.244. The number of rotatable bonds is 4. The quantitative estimate of drug-likeness (QED) is 0.202. The molecule has 0 aliphatic carbocycles. The van der Waals surface area contributed by atoms with E-state index in [0.717, 1.165) is 43.0 Å². The average molecular weight is 404 g/mol. The molecular weight excluding hydrogens is 380 g/mol. The minimum Gasteiger partial charge on any atom is -0.368 e. The van der Waals surface area contributed by atoms with Gasteiger partial charge in [0.1, 0.15) is 5.82 Å². The minimum atomic E-state index is -0.105. The Labute approximate surface area is 173 Å². The second-order valence-corrected chi connectivity index (χ2v) is 7.38. The van der Waals surface area contributed by atoms with Crippen molar-refractivity contribution in [2.45, 2.75) is 13.5 Å². The third-order valence-electron chi connectivity index (χ3n) is 5.37. The van der Waals surface area contributed by atoms with E-state index in [1.165, 1.54) is 0 Å². The number of anilines is 1. The fourth-order valence-electron chi connectivity index (χ4n) is 3.82. The van der Waals surface area contributed by atoms with Crippen molar-refractivity contribution < 1.29 is 0 Å². The van der Waals surface area contributed by atoms with E-state index in [4.69, 9.17) is 11.4 Å². The highest BCUT2D eigenvalue weighted by molar-refractivity contribution is 6.03. The van der Waals surface area contributed by atoms with Crippen LogP contribution in [-0.4, -0.2) is 46.9 Å². The molecule has 1 aromatic heterocycles. The van der Waals surface area contributed by atoms with Gasteiger partial charge in [-0.05, 0) is 36.8 Å². The Morgan fingerprint density at radius 3 is 2.70 bits per heavy atom. The molecule has 2 heterocycles. The standard InChI is InChI=1S/C21H24N8O/c1-14-6-7-16(20(26-22)27-23)18(12-14)29-10-8-28(9-11-29)13-19-24-17-5-3-2-4-15(17)21(30)25-19/h2-7,12,22H,8-11,13,23H2,1H3,(H,24,25,30). The van der Waals surface area contributed by atoms with Gasteiger partial charge in [0.05, 0.1) is 17.4 Å². The number of piperazine rings is 1. The minimum absolute atomic E-state index is 0.105. The molecule has 1 aliphatic heterocycles. The number of hydrogen-bond donors (Lipinski definition) is 3. The third-order valence-corrected chi connectivity index (χ3v) is 5.37. The van der Waals surface area contributed by atoms with Crippen LogP contribution >= 0.6 is 0 Å². The van der Waals surface area contributed by atoms with Crippen molar-refractivity contribution in [2.24, 2.45) is 16.1 Å². The summed E-state index contributed by atoms with van der Waals surface area (Å²) in [6.07, 6.45) is 0. The van der Waals surface area contributed by atoms with Crippen molar-refractivity contribution in [2.75, 3.05) is 31.1 Å².